The lowest BCUT2D eigenvalue weighted by Crippen LogP contribution is -2.38. The fraction of sp³-hybridized carbons (Fsp3) is 0.410. The van der Waals surface area contributed by atoms with Crippen molar-refractivity contribution in [1.29, 1.82) is 0 Å². The summed E-state index contributed by atoms with van der Waals surface area (Å²) >= 11 is 0. The second-order valence-electron chi connectivity index (χ2n) is 18.6. The van der Waals surface area contributed by atoms with Crippen molar-refractivity contribution >= 4 is 47.4 Å². The Morgan fingerprint density at radius 2 is 0.759 bits per heavy atom. The molecule has 0 spiro atoms. The van der Waals surface area contributed by atoms with Crippen LogP contribution in [0.25, 0.3) is 24.3 Å². The first kappa shape index (κ1) is 59.3. The van der Waals surface area contributed by atoms with Crippen molar-refractivity contribution in [2.24, 2.45) is 0 Å². The molecule has 0 radical (unpaired) electrons. The van der Waals surface area contributed by atoms with Gasteiger partial charge in [0.15, 0.2) is 34.6 Å². The fourth-order valence-electron chi connectivity index (χ4n) is 8.59. The largest absolute Gasteiger partial charge is 0.496 e. The van der Waals surface area contributed by atoms with E-state index in [-0.39, 0.29) is 36.0 Å². The predicted molar refractivity (Wildman–Crippen MR) is 300 cm³/mol. The van der Waals surface area contributed by atoms with Gasteiger partial charge in [0.1, 0.15) is 67.5 Å². The van der Waals surface area contributed by atoms with Gasteiger partial charge in [0.2, 0.25) is 0 Å². The Balaban J connectivity index is 0.000000232. The number of allylic oxidation sites excluding steroid dienone is 4. The maximum Gasteiger partial charge on any atom is 0.163 e. The second-order valence-corrected chi connectivity index (χ2v) is 18.6. The van der Waals surface area contributed by atoms with E-state index >= 15 is 0 Å². The Bertz CT molecular complexity index is 2640. The Kier molecular flexibility index (Phi) is 24.5. The molecule has 79 heavy (non-hydrogen) atoms. The van der Waals surface area contributed by atoms with Crippen LogP contribution in [-0.4, -0.2) is 191 Å². The highest BCUT2D eigenvalue weighted by molar-refractivity contribution is 6.11. The molecule has 4 heterocycles. The molecule has 4 aliphatic rings. The Hall–Kier alpha value is -7.32. The molecule has 3 saturated heterocycles. The molecule has 0 N–H and O–H groups in total. The van der Waals surface area contributed by atoms with Crippen LogP contribution in [0.1, 0.15) is 35.1 Å². The van der Waals surface area contributed by atoms with Crippen LogP contribution in [0.15, 0.2) is 97.1 Å². The van der Waals surface area contributed by atoms with Crippen molar-refractivity contribution in [1.82, 2.24) is 14.7 Å². The highest BCUT2D eigenvalue weighted by Gasteiger charge is 2.16. The van der Waals surface area contributed by atoms with Gasteiger partial charge in [0.25, 0.3) is 0 Å². The quantitative estimate of drug-likeness (QED) is 0.0448. The van der Waals surface area contributed by atoms with Crippen molar-refractivity contribution < 1.29 is 71.3 Å². The van der Waals surface area contributed by atoms with Gasteiger partial charge in [-0.25, -0.2) is 0 Å². The fourth-order valence-corrected chi connectivity index (χ4v) is 8.59. The molecule has 18 heteroatoms. The van der Waals surface area contributed by atoms with Crippen LogP contribution in [0.4, 0.5) is 0 Å². The predicted octanol–water partition coefficient (Wildman–Crippen LogP) is 6.81. The number of rotatable bonds is 27. The number of fused-ring (bicyclic) bond motifs is 1. The minimum absolute atomic E-state index is 0.220. The third kappa shape index (κ3) is 20.5. The molecule has 4 aromatic carbocycles. The van der Waals surface area contributed by atoms with Crippen molar-refractivity contribution in [3.63, 3.8) is 0 Å². The van der Waals surface area contributed by atoms with E-state index < -0.39 is 0 Å². The van der Waals surface area contributed by atoms with Crippen molar-refractivity contribution in [3.8, 4) is 46.0 Å². The zero-order valence-corrected chi connectivity index (χ0v) is 45.6. The number of methoxy groups -OCH3 is 3. The Labute approximate surface area is 463 Å². The van der Waals surface area contributed by atoms with E-state index in [0.717, 1.165) is 121 Å². The van der Waals surface area contributed by atoms with E-state index in [1.165, 1.54) is 24.3 Å². The molecule has 0 saturated carbocycles. The number of hydrogen-bond acceptors (Lipinski definition) is 18. The minimum atomic E-state index is -0.307. The lowest BCUT2D eigenvalue weighted by atomic mass is 10.1. The zero-order valence-electron chi connectivity index (χ0n) is 45.6. The summed E-state index contributed by atoms with van der Waals surface area (Å²) in [6, 6.07) is 21.9. The molecule has 422 valence electrons. The SMILES string of the molecule is COc1cc(OCCN2CCOCC2)ccc1/C=C/C(=O)CC(=O)/C=C/c1ccc(OCCN2CCOCC2)cc1OC.COc1cc(OCCN2CCOCC2)ccc1/C=C/C(=O)CC(=O)/C=C/c1ccc2c(c1)OCCO2. The highest BCUT2D eigenvalue weighted by Crippen LogP contribution is 2.32. The molecular formula is C61H73N3O15. The molecule has 0 aliphatic carbocycles. The van der Waals surface area contributed by atoms with Crippen LogP contribution < -0.4 is 37.9 Å². The van der Waals surface area contributed by atoms with E-state index in [9.17, 15) is 19.2 Å². The monoisotopic (exact) mass is 1090 g/mol. The molecule has 18 nitrogen and oxygen atoms in total. The number of carbonyl (C=O) groups is 4. The summed E-state index contributed by atoms with van der Waals surface area (Å²) < 4.78 is 61.2. The lowest BCUT2D eigenvalue weighted by molar-refractivity contribution is -0.123. The first-order valence-corrected chi connectivity index (χ1v) is 26.7. The van der Waals surface area contributed by atoms with Gasteiger partial charge in [-0.05, 0) is 96.6 Å². The summed E-state index contributed by atoms with van der Waals surface area (Å²) in [7, 11) is 4.70. The number of ether oxygens (including phenoxy) is 11. The summed E-state index contributed by atoms with van der Waals surface area (Å²) in [6.07, 6.45) is 11.7. The lowest BCUT2D eigenvalue weighted by Gasteiger charge is -2.26. The summed E-state index contributed by atoms with van der Waals surface area (Å²) in [5.74, 6) is 3.99. The van der Waals surface area contributed by atoms with E-state index in [0.29, 0.717) is 79.0 Å². The van der Waals surface area contributed by atoms with E-state index in [4.69, 9.17) is 52.1 Å². The normalized spacial score (nSPS) is 16.1. The van der Waals surface area contributed by atoms with Crippen molar-refractivity contribution in [3.05, 3.63) is 119 Å². The molecule has 3 fully saturated rings. The molecule has 0 bridgehead atoms. The third-order valence-electron chi connectivity index (χ3n) is 13.0. The van der Waals surface area contributed by atoms with Gasteiger partial charge in [-0.1, -0.05) is 12.1 Å². The number of ketones is 4. The average Bonchev–Trinajstić information content (AvgIpc) is 3.48. The summed E-state index contributed by atoms with van der Waals surface area (Å²) in [5, 5.41) is 0. The number of hydrogen-bond donors (Lipinski definition) is 0. The van der Waals surface area contributed by atoms with Crippen LogP contribution in [0, 0.1) is 0 Å². The van der Waals surface area contributed by atoms with Gasteiger partial charge in [-0.3, -0.25) is 33.9 Å². The van der Waals surface area contributed by atoms with E-state index in [1.807, 2.05) is 48.5 Å². The van der Waals surface area contributed by atoms with Gasteiger partial charge in [-0.2, -0.15) is 0 Å². The van der Waals surface area contributed by atoms with Gasteiger partial charge in [0, 0.05) is 93.8 Å². The smallest absolute Gasteiger partial charge is 0.163 e. The van der Waals surface area contributed by atoms with Crippen LogP contribution >= 0.6 is 0 Å². The number of benzene rings is 4. The molecule has 0 aromatic heterocycles. The van der Waals surface area contributed by atoms with Crippen LogP contribution in [0.3, 0.4) is 0 Å². The van der Waals surface area contributed by atoms with E-state index in [2.05, 4.69) is 14.7 Å². The zero-order chi connectivity index (χ0) is 55.4. The van der Waals surface area contributed by atoms with Crippen molar-refractivity contribution in [2.45, 2.75) is 12.8 Å². The van der Waals surface area contributed by atoms with Crippen LogP contribution in [0.2, 0.25) is 0 Å². The highest BCUT2D eigenvalue weighted by atomic mass is 16.6. The summed E-state index contributed by atoms with van der Waals surface area (Å²) in [6.45, 7) is 15.2. The van der Waals surface area contributed by atoms with Gasteiger partial charge >= 0.3 is 0 Å². The average molecular weight is 1090 g/mol. The molecule has 8 rings (SSSR count). The topological polar surface area (TPSA) is 180 Å². The second kappa shape index (κ2) is 32.5. The molecule has 4 aliphatic heterocycles. The van der Waals surface area contributed by atoms with Gasteiger partial charge in [-0.15, -0.1) is 0 Å². The summed E-state index contributed by atoms with van der Waals surface area (Å²) in [5.41, 5.74) is 2.96. The Morgan fingerprint density at radius 3 is 1.11 bits per heavy atom. The van der Waals surface area contributed by atoms with Gasteiger partial charge in [0.05, 0.1) is 73.8 Å². The van der Waals surface area contributed by atoms with Gasteiger partial charge < -0.3 is 52.1 Å². The molecule has 0 amide bonds. The number of carbonyl (C=O) groups excluding carboxylic acids is 4. The first-order chi connectivity index (χ1) is 38.6. The third-order valence-corrected chi connectivity index (χ3v) is 13.0. The molecule has 0 unspecified atom stereocenters. The number of morpholine rings is 3. The van der Waals surface area contributed by atoms with E-state index in [1.54, 1.807) is 69.9 Å². The first-order valence-electron chi connectivity index (χ1n) is 26.7. The standard InChI is InChI=1S/C33H42N2O8.C28H31NO7/c1-38-32-24-30(42-21-15-34-11-17-40-18-12-34)9-5-26(32)3-7-28(36)23-29(37)8-4-27-6-10-31(25-33(27)39-2)43-22-16-35-13-19-41-20-14-35;1-32-27-20-25(34-15-12-29-10-13-33-14-11-29)8-5-22(27)4-7-24(31)19-23(30)6-2-21-3-9-26-28(18-21)36-17-16-35-26/h3-10,24-25H,11-23H2,1-2H3;2-9,18,20H,10-17,19H2,1H3/b7-3+,8-4+;6-2+,7-4+. The number of nitrogens with zero attached hydrogens (tertiary/aromatic N) is 3. The maximum absolute atomic E-state index is 12.5. The Morgan fingerprint density at radius 1 is 0.418 bits per heavy atom. The maximum atomic E-state index is 12.5. The van der Waals surface area contributed by atoms with Crippen LogP contribution in [-0.2, 0) is 33.4 Å². The van der Waals surface area contributed by atoms with Crippen LogP contribution in [0.5, 0.6) is 46.0 Å². The molecular weight excluding hydrogens is 1010 g/mol. The molecule has 4 aromatic rings. The summed E-state index contributed by atoms with van der Waals surface area (Å²) in [4.78, 5) is 56.5. The minimum Gasteiger partial charge on any atom is -0.496 e. The molecule has 0 atom stereocenters. The van der Waals surface area contributed by atoms with Crippen molar-refractivity contribution in [2.75, 3.05) is 153 Å².